The van der Waals surface area contributed by atoms with Crippen LogP contribution in [0.25, 0.3) is 17.2 Å². The fraction of sp³-hybridized carbons (Fsp3) is 0.378. The molecule has 1 aliphatic carbocycles. The maximum absolute atomic E-state index is 14.4. The third kappa shape index (κ3) is 6.34. The highest BCUT2D eigenvalue weighted by Crippen LogP contribution is 2.51. The number of aromatic hydroxyl groups is 1. The monoisotopic (exact) mass is 777 g/mol. The fourth-order valence-electron chi connectivity index (χ4n) is 7.59. The van der Waals surface area contributed by atoms with Crippen LogP contribution in [0.2, 0.25) is 5.02 Å². The van der Waals surface area contributed by atoms with E-state index in [1.54, 1.807) is 11.5 Å². The van der Waals surface area contributed by atoms with Gasteiger partial charge in [0, 0.05) is 31.7 Å². The van der Waals surface area contributed by atoms with Crippen LogP contribution in [0.5, 0.6) is 5.75 Å². The van der Waals surface area contributed by atoms with E-state index in [1.807, 2.05) is 30.0 Å². The van der Waals surface area contributed by atoms with Gasteiger partial charge in [-0.05, 0) is 68.0 Å². The first kappa shape index (κ1) is 36.4. The van der Waals surface area contributed by atoms with Crippen molar-refractivity contribution in [1.29, 1.82) is 0 Å². The Bertz CT molecular complexity index is 2440. The first-order valence-electron chi connectivity index (χ1n) is 17.8. The summed E-state index contributed by atoms with van der Waals surface area (Å²) in [5.41, 5.74) is 1.99. The molecule has 3 aromatic heterocycles. The highest BCUT2D eigenvalue weighted by molar-refractivity contribution is 6.33. The fourth-order valence-corrected chi connectivity index (χ4v) is 7.81. The highest BCUT2D eigenvalue weighted by atomic mass is 35.5. The number of aryl methyl sites for hydroxylation is 1. The van der Waals surface area contributed by atoms with Crippen molar-refractivity contribution in [1.82, 2.24) is 34.0 Å². The highest BCUT2D eigenvalue weighted by Gasteiger charge is 2.45. The van der Waals surface area contributed by atoms with Gasteiger partial charge in [-0.25, -0.2) is 9.97 Å². The van der Waals surface area contributed by atoms with Crippen molar-refractivity contribution in [2.45, 2.75) is 64.5 Å². The van der Waals surface area contributed by atoms with Crippen LogP contribution in [0.4, 0.5) is 24.5 Å². The van der Waals surface area contributed by atoms with Gasteiger partial charge in [0.25, 0.3) is 11.5 Å². The number of anilines is 2. The SMILES string of the molecule is CCc1c(N2CCN(C(=O)c3ncnc(C)c3O)CC2)c(=O)n2nc(-c3ccc4c(c3)COC43CCC3)nc2n1CC(=O)Nc1ccc(C(F)(F)F)cc1Cl. The molecule has 2 amide bonds. The number of alkyl halides is 3. The predicted octanol–water partition coefficient (Wildman–Crippen LogP) is 5.11. The molecule has 0 radical (unpaired) electrons. The second-order valence-electron chi connectivity index (χ2n) is 13.9. The van der Waals surface area contributed by atoms with Gasteiger partial charge in [-0.1, -0.05) is 30.7 Å². The van der Waals surface area contributed by atoms with E-state index in [4.69, 9.17) is 21.3 Å². The van der Waals surface area contributed by atoms with Crippen molar-refractivity contribution in [3.63, 3.8) is 0 Å². The van der Waals surface area contributed by atoms with Gasteiger partial charge in [-0.3, -0.25) is 14.4 Å². The van der Waals surface area contributed by atoms with Crippen LogP contribution in [0.3, 0.4) is 0 Å². The zero-order chi connectivity index (χ0) is 38.8. The summed E-state index contributed by atoms with van der Waals surface area (Å²) < 4.78 is 48.7. The number of hydrogen-bond donors (Lipinski definition) is 2. The summed E-state index contributed by atoms with van der Waals surface area (Å²) in [6, 6.07) is 8.51. The van der Waals surface area contributed by atoms with E-state index in [1.165, 1.54) is 11.2 Å². The predicted molar refractivity (Wildman–Crippen MR) is 194 cm³/mol. The van der Waals surface area contributed by atoms with E-state index in [-0.39, 0.29) is 89.9 Å². The lowest BCUT2D eigenvalue weighted by molar-refractivity contribution is -0.137. The summed E-state index contributed by atoms with van der Waals surface area (Å²) in [7, 11) is 0. The van der Waals surface area contributed by atoms with Crippen LogP contribution in [0, 0.1) is 6.92 Å². The summed E-state index contributed by atoms with van der Waals surface area (Å²) in [6.07, 6.45) is -0.120. The second kappa shape index (κ2) is 13.6. The molecule has 2 aromatic carbocycles. The van der Waals surface area contributed by atoms with Gasteiger partial charge in [-0.2, -0.15) is 22.7 Å². The molecule has 14 nitrogen and oxygen atoms in total. The molecule has 3 aliphatic rings. The van der Waals surface area contributed by atoms with Gasteiger partial charge in [0.1, 0.15) is 18.6 Å². The Hall–Kier alpha value is -5.55. The van der Waals surface area contributed by atoms with Gasteiger partial charge in [0.15, 0.2) is 17.3 Å². The van der Waals surface area contributed by atoms with Gasteiger partial charge in [-0.15, -0.1) is 5.10 Å². The number of carbonyl (C=O) groups is 2. The maximum Gasteiger partial charge on any atom is 0.416 e. The van der Waals surface area contributed by atoms with Crippen molar-refractivity contribution < 1.29 is 32.6 Å². The molecule has 2 fully saturated rings. The van der Waals surface area contributed by atoms with E-state index >= 15 is 0 Å². The number of rotatable bonds is 7. The normalized spacial score (nSPS) is 16.4. The molecule has 1 saturated heterocycles. The topological polar surface area (TPSA) is 160 Å². The lowest BCUT2D eigenvalue weighted by Crippen LogP contribution is -2.51. The van der Waals surface area contributed by atoms with E-state index in [9.17, 15) is 32.7 Å². The number of fused-ring (bicyclic) bond motifs is 3. The molecule has 5 aromatic rings. The number of piperazine rings is 1. The first-order valence-corrected chi connectivity index (χ1v) is 18.2. The van der Waals surface area contributed by atoms with Gasteiger partial charge in [0.05, 0.1) is 39.9 Å². The minimum Gasteiger partial charge on any atom is -0.504 e. The lowest BCUT2D eigenvalue weighted by Gasteiger charge is -2.38. The largest absolute Gasteiger partial charge is 0.504 e. The number of aromatic nitrogens is 6. The molecule has 1 saturated carbocycles. The first-order chi connectivity index (χ1) is 26.3. The quantitative estimate of drug-likeness (QED) is 0.228. The molecular formula is C37H35ClF3N9O5. The third-order valence-corrected chi connectivity index (χ3v) is 11.0. The zero-order valence-electron chi connectivity index (χ0n) is 29.8. The average molecular weight is 778 g/mol. The Labute approximate surface area is 316 Å². The molecular weight excluding hydrogens is 743 g/mol. The van der Waals surface area contributed by atoms with Crippen LogP contribution in [0.1, 0.15) is 64.8 Å². The number of amides is 2. The van der Waals surface area contributed by atoms with Crippen LogP contribution < -0.4 is 15.8 Å². The zero-order valence-corrected chi connectivity index (χ0v) is 30.5. The van der Waals surface area contributed by atoms with Gasteiger partial charge in [0.2, 0.25) is 11.7 Å². The van der Waals surface area contributed by atoms with Crippen molar-refractivity contribution in [3.8, 4) is 17.1 Å². The number of hydrogen-bond acceptors (Lipinski definition) is 10. The molecule has 18 heteroatoms. The van der Waals surface area contributed by atoms with Crippen molar-refractivity contribution in [2.75, 3.05) is 36.4 Å². The maximum atomic E-state index is 14.4. The molecule has 0 atom stereocenters. The summed E-state index contributed by atoms with van der Waals surface area (Å²) in [4.78, 5) is 57.4. The summed E-state index contributed by atoms with van der Waals surface area (Å²) in [6.45, 7) is 4.29. The van der Waals surface area contributed by atoms with Crippen LogP contribution in [0.15, 0.2) is 47.5 Å². The molecule has 1 spiro atoms. The molecule has 8 rings (SSSR count). The summed E-state index contributed by atoms with van der Waals surface area (Å²) >= 11 is 6.16. The van der Waals surface area contributed by atoms with Crippen LogP contribution >= 0.6 is 11.6 Å². The Morgan fingerprint density at radius 1 is 1.07 bits per heavy atom. The van der Waals surface area contributed by atoms with E-state index in [0.29, 0.717) is 17.9 Å². The lowest BCUT2D eigenvalue weighted by atomic mass is 9.75. The Balaban J connectivity index is 1.16. The molecule has 55 heavy (non-hydrogen) atoms. The number of nitrogens with one attached hydrogen (secondary N) is 1. The van der Waals surface area contributed by atoms with Gasteiger partial charge < -0.3 is 29.5 Å². The van der Waals surface area contributed by atoms with E-state index in [2.05, 4.69) is 20.4 Å². The van der Waals surface area contributed by atoms with E-state index in [0.717, 1.165) is 53.1 Å². The van der Waals surface area contributed by atoms with Crippen molar-refractivity contribution in [3.05, 3.63) is 91.9 Å². The minimum atomic E-state index is -4.62. The molecule has 0 unspecified atom stereocenters. The molecule has 2 aliphatic heterocycles. The molecule has 5 heterocycles. The summed E-state index contributed by atoms with van der Waals surface area (Å²) in [5.74, 6) is -1.07. The van der Waals surface area contributed by atoms with Crippen molar-refractivity contribution >= 4 is 40.6 Å². The number of benzene rings is 2. The number of carbonyl (C=O) groups excluding carboxylic acids is 2. The molecule has 2 N–H and O–H groups in total. The molecule has 286 valence electrons. The minimum absolute atomic E-state index is 0.0209. The van der Waals surface area contributed by atoms with Crippen LogP contribution in [-0.4, -0.2) is 77.1 Å². The Morgan fingerprint density at radius 3 is 2.51 bits per heavy atom. The Kier molecular flexibility index (Phi) is 9.03. The second-order valence-corrected chi connectivity index (χ2v) is 14.3. The van der Waals surface area contributed by atoms with Gasteiger partial charge >= 0.3 is 6.18 Å². The Morgan fingerprint density at radius 2 is 1.84 bits per heavy atom. The third-order valence-electron chi connectivity index (χ3n) is 10.6. The average Bonchev–Trinajstić information content (AvgIpc) is 3.77. The number of halogens is 4. The van der Waals surface area contributed by atoms with Crippen molar-refractivity contribution in [2.24, 2.45) is 0 Å². The standard InChI is InChI=1S/C37H35ClF3N9O5/c1-3-27-30(47-11-13-48(14-12-47)33(53)29-31(52)20(2)42-19-43-29)34(54)50-35(49(27)17-28(51)44-26-8-6-23(16-25(26)38)37(39,40)41)45-32(46-50)21-5-7-24-22(15-21)18-55-36(24)9-4-10-36/h5-8,15-16,19,52H,3-4,9-14,17-18H2,1-2H3,(H,44,51). The van der Waals surface area contributed by atoms with Crippen LogP contribution in [-0.2, 0) is 40.9 Å². The van der Waals surface area contributed by atoms with E-state index < -0.39 is 29.1 Å². The summed E-state index contributed by atoms with van der Waals surface area (Å²) in [5, 5.41) is 17.4. The number of nitrogens with zero attached hydrogens (tertiary/aromatic N) is 8. The number of ether oxygens (including phenoxy) is 1. The molecule has 0 bridgehead atoms. The smallest absolute Gasteiger partial charge is 0.416 e.